The van der Waals surface area contributed by atoms with Gasteiger partial charge in [0.25, 0.3) is 5.91 Å². The number of fused-ring (bicyclic) bond motifs is 1. The average molecular weight is 448 g/mol. The van der Waals surface area contributed by atoms with E-state index in [0.717, 1.165) is 50.2 Å². The van der Waals surface area contributed by atoms with Crippen LogP contribution >= 0.6 is 0 Å². The minimum atomic E-state index is -0.339. The van der Waals surface area contributed by atoms with Gasteiger partial charge in [0.1, 0.15) is 11.8 Å². The predicted octanol–water partition coefficient (Wildman–Crippen LogP) is 3.82. The maximum atomic E-state index is 13.7. The van der Waals surface area contributed by atoms with E-state index in [-0.39, 0.29) is 23.9 Å². The highest BCUT2D eigenvalue weighted by Gasteiger charge is 2.48. The van der Waals surface area contributed by atoms with E-state index in [1.807, 2.05) is 58.3 Å². The number of amides is 2. The van der Waals surface area contributed by atoms with Crippen LogP contribution in [0.3, 0.4) is 0 Å². The fourth-order valence-electron chi connectivity index (χ4n) is 5.91. The summed E-state index contributed by atoms with van der Waals surface area (Å²) in [4.78, 5) is 33.5. The van der Waals surface area contributed by atoms with Crippen LogP contribution in [-0.2, 0) is 4.79 Å². The van der Waals surface area contributed by atoms with Gasteiger partial charge in [-0.25, -0.2) is 0 Å². The van der Waals surface area contributed by atoms with E-state index in [4.69, 9.17) is 4.74 Å². The molecular formula is C27H33N3O3. The van der Waals surface area contributed by atoms with Crippen molar-refractivity contribution in [1.82, 2.24) is 9.80 Å². The van der Waals surface area contributed by atoms with Crippen molar-refractivity contribution in [3.05, 3.63) is 60.2 Å². The molecule has 0 bridgehead atoms. The molecule has 0 radical (unpaired) electrons. The second-order valence-electron chi connectivity index (χ2n) is 9.46. The SMILES string of the molecule is COc1cccc(N2CCN(C(=O)C3CC4CCCCC4N3C(=O)c3ccccc3)CC2)c1. The van der Waals surface area contributed by atoms with Crippen LogP contribution in [0.1, 0.15) is 42.5 Å². The monoisotopic (exact) mass is 447 g/mol. The lowest BCUT2D eigenvalue weighted by Crippen LogP contribution is -2.55. The van der Waals surface area contributed by atoms with Gasteiger partial charge >= 0.3 is 0 Å². The van der Waals surface area contributed by atoms with E-state index >= 15 is 0 Å². The number of piperazine rings is 1. The number of hydrogen-bond donors (Lipinski definition) is 0. The Morgan fingerprint density at radius 3 is 2.42 bits per heavy atom. The molecular weight excluding hydrogens is 414 g/mol. The molecule has 3 unspecified atom stereocenters. The number of carbonyl (C=O) groups is 2. The van der Waals surface area contributed by atoms with Crippen LogP contribution in [0.2, 0.25) is 0 Å². The summed E-state index contributed by atoms with van der Waals surface area (Å²) in [5.41, 5.74) is 1.80. The summed E-state index contributed by atoms with van der Waals surface area (Å²) < 4.78 is 5.36. The highest BCUT2D eigenvalue weighted by atomic mass is 16.5. The number of anilines is 1. The molecule has 2 aromatic rings. The summed E-state index contributed by atoms with van der Waals surface area (Å²) in [6.45, 7) is 2.92. The Balaban J connectivity index is 1.31. The van der Waals surface area contributed by atoms with Crippen LogP contribution in [0, 0.1) is 5.92 Å². The van der Waals surface area contributed by atoms with Gasteiger partial charge in [0.2, 0.25) is 5.91 Å². The first kappa shape index (κ1) is 21.8. The van der Waals surface area contributed by atoms with Crippen LogP contribution in [0.4, 0.5) is 5.69 Å². The van der Waals surface area contributed by atoms with Crippen LogP contribution in [0.25, 0.3) is 0 Å². The van der Waals surface area contributed by atoms with Crippen molar-refractivity contribution < 1.29 is 14.3 Å². The van der Waals surface area contributed by atoms with E-state index in [1.165, 1.54) is 6.42 Å². The molecule has 0 N–H and O–H groups in total. The maximum absolute atomic E-state index is 13.7. The number of carbonyl (C=O) groups excluding carboxylic acids is 2. The van der Waals surface area contributed by atoms with Crippen molar-refractivity contribution in [2.75, 3.05) is 38.2 Å². The second kappa shape index (κ2) is 9.46. The highest BCUT2D eigenvalue weighted by molar-refractivity contribution is 5.98. The molecule has 2 saturated heterocycles. The van der Waals surface area contributed by atoms with Crippen molar-refractivity contribution in [3.8, 4) is 5.75 Å². The van der Waals surface area contributed by atoms with Gasteiger partial charge in [0.05, 0.1) is 7.11 Å². The summed E-state index contributed by atoms with van der Waals surface area (Å²) in [5.74, 6) is 1.42. The molecule has 2 aromatic carbocycles. The molecule has 1 aliphatic carbocycles. The fraction of sp³-hybridized carbons (Fsp3) is 0.481. The number of hydrogen-bond acceptors (Lipinski definition) is 4. The zero-order chi connectivity index (χ0) is 22.8. The molecule has 2 amide bonds. The van der Waals surface area contributed by atoms with Crippen LogP contribution in [-0.4, -0.2) is 67.0 Å². The number of ether oxygens (including phenoxy) is 1. The summed E-state index contributed by atoms with van der Waals surface area (Å²) in [7, 11) is 1.68. The Morgan fingerprint density at radius 2 is 1.67 bits per heavy atom. The van der Waals surface area contributed by atoms with Gasteiger partial charge < -0.3 is 19.4 Å². The zero-order valence-electron chi connectivity index (χ0n) is 19.4. The van der Waals surface area contributed by atoms with Crippen molar-refractivity contribution in [1.29, 1.82) is 0 Å². The third-order valence-electron chi connectivity index (χ3n) is 7.64. The minimum absolute atomic E-state index is 0.0124. The number of methoxy groups -OCH3 is 1. The third kappa shape index (κ3) is 4.31. The van der Waals surface area contributed by atoms with Gasteiger partial charge in [-0.2, -0.15) is 0 Å². The topological polar surface area (TPSA) is 53.1 Å². The lowest BCUT2D eigenvalue weighted by molar-refractivity contribution is -0.136. The van der Waals surface area contributed by atoms with Gasteiger partial charge in [-0.3, -0.25) is 9.59 Å². The summed E-state index contributed by atoms with van der Waals surface area (Å²) in [5, 5.41) is 0. The summed E-state index contributed by atoms with van der Waals surface area (Å²) in [6, 6.07) is 17.4. The fourth-order valence-corrected chi connectivity index (χ4v) is 5.91. The van der Waals surface area contributed by atoms with E-state index in [2.05, 4.69) is 11.0 Å². The third-order valence-corrected chi connectivity index (χ3v) is 7.64. The first-order valence-electron chi connectivity index (χ1n) is 12.2. The Morgan fingerprint density at radius 1 is 0.909 bits per heavy atom. The van der Waals surface area contributed by atoms with Crippen molar-refractivity contribution in [2.45, 2.75) is 44.2 Å². The molecule has 5 rings (SSSR count). The summed E-state index contributed by atoms with van der Waals surface area (Å²) in [6.07, 6.45) is 5.28. The zero-order valence-corrected chi connectivity index (χ0v) is 19.4. The molecule has 6 nitrogen and oxygen atoms in total. The van der Waals surface area contributed by atoms with Crippen LogP contribution in [0.15, 0.2) is 54.6 Å². The van der Waals surface area contributed by atoms with Crippen molar-refractivity contribution in [3.63, 3.8) is 0 Å². The number of likely N-dealkylation sites (tertiary alicyclic amines) is 1. The van der Waals surface area contributed by atoms with Gasteiger partial charge in [-0.05, 0) is 49.4 Å². The van der Waals surface area contributed by atoms with E-state index < -0.39 is 0 Å². The lowest BCUT2D eigenvalue weighted by atomic mass is 9.84. The molecule has 1 saturated carbocycles. The number of rotatable bonds is 4. The minimum Gasteiger partial charge on any atom is -0.497 e. The molecule has 0 spiro atoms. The Labute approximate surface area is 196 Å². The Bertz CT molecular complexity index is 987. The molecule has 2 aliphatic heterocycles. The number of nitrogens with zero attached hydrogens (tertiary/aromatic N) is 3. The lowest BCUT2D eigenvalue weighted by Gasteiger charge is -2.39. The molecule has 3 aliphatic rings. The highest BCUT2D eigenvalue weighted by Crippen LogP contribution is 2.41. The first-order valence-corrected chi connectivity index (χ1v) is 12.2. The largest absolute Gasteiger partial charge is 0.497 e. The molecule has 3 atom stereocenters. The molecule has 33 heavy (non-hydrogen) atoms. The molecule has 174 valence electrons. The van der Waals surface area contributed by atoms with Crippen molar-refractivity contribution in [2.24, 2.45) is 5.92 Å². The van der Waals surface area contributed by atoms with E-state index in [0.29, 0.717) is 24.6 Å². The first-order chi connectivity index (χ1) is 16.2. The quantitative estimate of drug-likeness (QED) is 0.715. The van der Waals surface area contributed by atoms with Gasteiger partial charge in [-0.15, -0.1) is 0 Å². The van der Waals surface area contributed by atoms with E-state index in [9.17, 15) is 9.59 Å². The van der Waals surface area contributed by atoms with Gasteiger partial charge in [0.15, 0.2) is 0 Å². The van der Waals surface area contributed by atoms with E-state index in [1.54, 1.807) is 7.11 Å². The van der Waals surface area contributed by atoms with Gasteiger partial charge in [-0.1, -0.05) is 37.1 Å². The second-order valence-corrected chi connectivity index (χ2v) is 9.46. The molecule has 3 fully saturated rings. The normalized spacial score (nSPS) is 25.0. The average Bonchev–Trinajstić information content (AvgIpc) is 3.28. The smallest absolute Gasteiger partial charge is 0.254 e. The molecule has 0 aromatic heterocycles. The van der Waals surface area contributed by atoms with Crippen LogP contribution in [0.5, 0.6) is 5.75 Å². The van der Waals surface area contributed by atoms with Gasteiger partial charge in [0, 0.05) is 49.5 Å². The number of benzene rings is 2. The van der Waals surface area contributed by atoms with Crippen LogP contribution < -0.4 is 9.64 Å². The maximum Gasteiger partial charge on any atom is 0.254 e. The summed E-state index contributed by atoms with van der Waals surface area (Å²) >= 11 is 0. The van der Waals surface area contributed by atoms with Crippen molar-refractivity contribution >= 4 is 17.5 Å². The molecule has 6 heteroatoms. The predicted molar refractivity (Wildman–Crippen MR) is 129 cm³/mol. The standard InChI is InChI=1S/C27H33N3O3/c1-33-23-12-7-11-22(19-23)28-14-16-29(17-15-28)27(32)25-18-21-10-5-6-13-24(21)30(25)26(31)20-8-3-2-4-9-20/h2-4,7-9,11-12,19,21,24-25H,5-6,10,13-18H2,1H3. The molecule has 2 heterocycles. The Kier molecular flexibility index (Phi) is 6.25. The Hall–Kier alpha value is -3.02.